The van der Waals surface area contributed by atoms with Gasteiger partial charge in [0.1, 0.15) is 6.33 Å². The van der Waals surface area contributed by atoms with Gasteiger partial charge in [-0.05, 0) is 24.5 Å². The van der Waals surface area contributed by atoms with Crippen LogP contribution in [0, 0.1) is 0 Å². The summed E-state index contributed by atoms with van der Waals surface area (Å²) < 4.78 is 1.13. The van der Waals surface area contributed by atoms with Gasteiger partial charge in [-0.2, -0.15) is 0 Å². The first-order valence-corrected chi connectivity index (χ1v) is 5.72. The molecule has 0 aliphatic heterocycles. The summed E-state index contributed by atoms with van der Waals surface area (Å²) in [4.78, 5) is 8.43. The Hall–Kier alpha value is -1.22. The van der Waals surface area contributed by atoms with Crippen molar-refractivity contribution < 1.29 is 0 Å². The molecule has 3 rings (SSSR count). The molecular weight excluding hydrogens is 252 g/mol. The zero-order valence-electron chi connectivity index (χ0n) is 8.07. The highest BCUT2D eigenvalue weighted by Gasteiger charge is 2.18. The predicted molar refractivity (Wildman–Crippen MR) is 62.6 cm³/mol. The number of hydrogen-bond acceptors (Lipinski definition) is 2. The highest BCUT2D eigenvalue weighted by atomic mass is 79.9. The molecule has 15 heavy (non-hydrogen) atoms. The lowest BCUT2D eigenvalue weighted by molar-refractivity contribution is 0.881. The van der Waals surface area contributed by atoms with E-state index in [0.29, 0.717) is 0 Å². The van der Waals surface area contributed by atoms with Crippen LogP contribution in [0.1, 0.15) is 11.3 Å². The maximum absolute atomic E-state index is 4.33. The zero-order valence-corrected chi connectivity index (χ0v) is 9.66. The molecule has 0 fully saturated rings. The highest BCUT2D eigenvalue weighted by molar-refractivity contribution is 9.10. The third kappa shape index (κ3) is 1.38. The molecule has 0 atom stereocenters. The molecule has 0 saturated heterocycles. The van der Waals surface area contributed by atoms with Crippen LogP contribution in [0.25, 0.3) is 11.1 Å². The second-order valence-electron chi connectivity index (χ2n) is 3.66. The van der Waals surface area contributed by atoms with Gasteiger partial charge in [-0.3, -0.25) is 0 Å². The van der Waals surface area contributed by atoms with Crippen molar-refractivity contribution in [2.24, 2.45) is 0 Å². The van der Waals surface area contributed by atoms with E-state index in [4.69, 9.17) is 0 Å². The van der Waals surface area contributed by atoms with Crippen LogP contribution in [0.4, 0.5) is 0 Å². The van der Waals surface area contributed by atoms with Gasteiger partial charge in [-0.15, -0.1) is 0 Å². The van der Waals surface area contributed by atoms with Crippen molar-refractivity contribution in [3.63, 3.8) is 0 Å². The third-order valence-electron chi connectivity index (χ3n) is 2.80. The van der Waals surface area contributed by atoms with E-state index in [0.717, 1.165) is 23.0 Å². The first-order valence-electron chi connectivity index (χ1n) is 4.93. The summed E-state index contributed by atoms with van der Waals surface area (Å²) in [6, 6.07) is 6.33. The molecule has 1 aromatic carbocycles. The van der Waals surface area contributed by atoms with Gasteiger partial charge in [0, 0.05) is 21.8 Å². The number of fused-ring (bicyclic) bond motifs is 3. The Balaban J connectivity index is 2.33. The summed E-state index contributed by atoms with van der Waals surface area (Å²) in [6.45, 7) is 0. The molecule has 1 heterocycles. The van der Waals surface area contributed by atoms with Crippen LogP contribution >= 0.6 is 15.9 Å². The van der Waals surface area contributed by atoms with Gasteiger partial charge in [0.05, 0.1) is 5.69 Å². The molecule has 2 aromatic rings. The minimum atomic E-state index is 1.02. The van der Waals surface area contributed by atoms with Crippen LogP contribution in [0.2, 0.25) is 0 Å². The fourth-order valence-corrected chi connectivity index (χ4v) is 2.72. The van der Waals surface area contributed by atoms with Gasteiger partial charge in [0.2, 0.25) is 0 Å². The lowest BCUT2D eigenvalue weighted by Gasteiger charge is -2.19. The Kier molecular flexibility index (Phi) is 2.06. The fraction of sp³-hybridized carbons (Fsp3) is 0.167. The first-order chi connectivity index (χ1) is 7.36. The molecule has 74 valence electrons. The maximum atomic E-state index is 4.33. The summed E-state index contributed by atoms with van der Waals surface area (Å²) in [6.07, 6.45) is 5.62. The van der Waals surface area contributed by atoms with E-state index in [1.165, 1.54) is 16.7 Å². The molecule has 0 N–H and O–H groups in total. The topological polar surface area (TPSA) is 25.8 Å². The van der Waals surface area contributed by atoms with E-state index in [1.807, 2.05) is 6.20 Å². The molecule has 3 heteroatoms. The number of benzene rings is 1. The van der Waals surface area contributed by atoms with Crippen molar-refractivity contribution in [1.29, 1.82) is 0 Å². The van der Waals surface area contributed by atoms with E-state index < -0.39 is 0 Å². The smallest absolute Gasteiger partial charge is 0.115 e. The van der Waals surface area contributed by atoms with Crippen LogP contribution < -0.4 is 0 Å². The number of nitrogens with zero attached hydrogens (tertiary/aromatic N) is 2. The summed E-state index contributed by atoms with van der Waals surface area (Å²) in [5, 5.41) is 0. The maximum Gasteiger partial charge on any atom is 0.115 e. The van der Waals surface area contributed by atoms with Gasteiger partial charge in [-0.25, -0.2) is 9.97 Å². The predicted octanol–water partition coefficient (Wildman–Crippen LogP) is 3.00. The second-order valence-corrected chi connectivity index (χ2v) is 4.51. The number of aryl methyl sites for hydroxylation is 2. The normalized spacial score (nSPS) is 13.1. The Morgan fingerprint density at radius 3 is 3.07 bits per heavy atom. The quantitative estimate of drug-likeness (QED) is 0.728. The molecule has 2 nitrogen and oxygen atoms in total. The molecular formula is C12H9BrN2. The minimum absolute atomic E-state index is 1.02. The third-order valence-corrected chi connectivity index (χ3v) is 3.46. The second kappa shape index (κ2) is 3.42. The van der Waals surface area contributed by atoms with E-state index >= 15 is 0 Å². The van der Waals surface area contributed by atoms with Crippen molar-refractivity contribution in [2.75, 3.05) is 0 Å². The number of aromatic nitrogens is 2. The molecule has 1 aliphatic carbocycles. The van der Waals surface area contributed by atoms with Crippen molar-refractivity contribution in [2.45, 2.75) is 12.8 Å². The van der Waals surface area contributed by atoms with E-state index in [1.54, 1.807) is 6.33 Å². The van der Waals surface area contributed by atoms with E-state index in [9.17, 15) is 0 Å². The van der Waals surface area contributed by atoms with Gasteiger partial charge >= 0.3 is 0 Å². The van der Waals surface area contributed by atoms with Gasteiger partial charge in [0.15, 0.2) is 0 Å². The number of hydrogen-bond donors (Lipinski definition) is 0. The van der Waals surface area contributed by atoms with Crippen LogP contribution in [0.15, 0.2) is 35.2 Å². The van der Waals surface area contributed by atoms with Crippen LogP contribution in [-0.4, -0.2) is 9.97 Å². The van der Waals surface area contributed by atoms with E-state index in [-0.39, 0.29) is 0 Å². The van der Waals surface area contributed by atoms with Gasteiger partial charge < -0.3 is 0 Å². The monoisotopic (exact) mass is 260 g/mol. The Bertz CT molecular complexity index is 523. The minimum Gasteiger partial charge on any atom is -0.244 e. The standard InChI is InChI=1S/C12H9BrN2/c13-10-3-1-2-8-4-5-11-9(12(8)10)6-14-7-15-11/h1-3,6-7H,4-5H2. The average molecular weight is 261 g/mol. The summed E-state index contributed by atoms with van der Waals surface area (Å²) >= 11 is 3.60. The van der Waals surface area contributed by atoms with Gasteiger partial charge in [0.25, 0.3) is 0 Å². The Labute approximate surface area is 96.5 Å². The summed E-state index contributed by atoms with van der Waals surface area (Å²) in [5.74, 6) is 0. The number of halogens is 1. The molecule has 0 radical (unpaired) electrons. The van der Waals surface area contributed by atoms with Crippen molar-refractivity contribution in [1.82, 2.24) is 9.97 Å². The van der Waals surface area contributed by atoms with Crippen molar-refractivity contribution >= 4 is 15.9 Å². The lowest BCUT2D eigenvalue weighted by Crippen LogP contribution is -2.06. The average Bonchev–Trinajstić information content (AvgIpc) is 2.29. The molecule has 1 aliphatic rings. The first kappa shape index (κ1) is 9.04. The summed E-state index contributed by atoms with van der Waals surface area (Å²) in [7, 11) is 0. The van der Waals surface area contributed by atoms with Crippen molar-refractivity contribution in [3.8, 4) is 11.1 Å². The lowest BCUT2D eigenvalue weighted by atomic mass is 9.90. The van der Waals surface area contributed by atoms with Crippen LogP contribution in [0.5, 0.6) is 0 Å². The fourth-order valence-electron chi connectivity index (χ4n) is 2.09. The molecule has 0 unspecified atom stereocenters. The molecule has 0 amide bonds. The SMILES string of the molecule is Brc1cccc2c1-c1cncnc1CC2. The van der Waals surface area contributed by atoms with Crippen LogP contribution in [0.3, 0.4) is 0 Å². The van der Waals surface area contributed by atoms with Crippen LogP contribution in [-0.2, 0) is 12.8 Å². The number of rotatable bonds is 0. The molecule has 0 spiro atoms. The van der Waals surface area contributed by atoms with E-state index in [2.05, 4.69) is 44.1 Å². The van der Waals surface area contributed by atoms with Gasteiger partial charge in [-0.1, -0.05) is 28.1 Å². The zero-order chi connectivity index (χ0) is 10.3. The molecule has 0 saturated carbocycles. The Morgan fingerprint density at radius 2 is 2.13 bits per heavy atom. The largest absolute Gasteiger partial charge is 0.244 e. The highest BCUT2D eigenvalue weighted by Crippen LogP contribution is 2.36. The summed E-state index contributed by atoms with van der Waals surface area (Å²) in [5.41, 5.74) is 4.97. The van der Waals surface area contributed by atoms with Crippen molar-refractivity contribution in [3.05, 3.63) is 46.5 Å². The Morgan fingerprint density at radius 1 is 1.20 bits per heavy atom. The molecule has 1 aromatic heterocycles. The molecule has 0 bridgehead atoms.